The zero-order chi connectivity index (χ0) is 12.4. The number of hydrogen-bond acceptors (Lipinski definition) is 5. The Balaban J connectivity index is 1.97. The van der Waals surface area contributed by atoms with Crippen molar-refractivity contribution in [3.8, 4) is 0 Å². The van der Waals surface area contributed by atoms with Gasteiger partial charge < -0.3 is 9.84 Å². The van der Waals surface area contributed by atoms with Gasteiger partial charge in [0.05, 0.1) is 12.2 Å². The van der Waals surface area contributed by atoms with Gasteiger partial charge in [-0.1, -0.05) is 5.16 Å². The van der Waals surface area contributed by atoms with Crippen LogP contribution in [-0.4, -0.2) is 19.9 Å². The van der Waals surface area contributed by atoms with Crippen LogP contribution in [0.4, 0.5) is 0 Å². The predicted molar refractivity (Wildman–Crippen MR) is 62.2 cm³/mol. The Morgan fingerprint density at radius 3 is 2.76 bits per heavy atom. The summed E-state index contributed by atoms with van der Waals surface area (Å²) in [7, 11) is 1.92. The van der Waals surface area contributed by atoms with Crippen LogP contribution < -0.4 is 5.32 Å². The summed E-state index contributed by atoms with van der Waals surface area (Å²) in [5.74, 6) is 1.27. The fraction of sp³-hybridized carbons (Fsp3) is 0.545. The highest BCUT2D eigenvalue weighted by atomic mass is 16.5. The Bertz CT molecular complexity index is 502. The first-order chi connectivity index (χ1) is 8.06. The van der Waals surface area contributed by atoms with Crippen molar-refractivity contribution in [1.82, 2.24) is 25.2 Å². The van der Waals surface area contributed by atoms with Crippen molar-refractivity contribution < 1.29 is 4.52 Å². The van der Waals surface area contributed by atoms with Crippen LogP contribution in [0.5, 0.6) is 0 Å². The minimum Gasteiger partial charge on any atom is -0.340 e. The normalized spacial score (nSPS) is 12.9. The van der Waals surface area contributed by atoms with Gasteiger partial charge in [-0.05, 0) is 13.8 Å². The van der Waals surface area contributed by atoms with E-state index in [0.29, 0.717) is 18.3 Å². The Morgan fingerprint density at radius 2 is 2.24 bits per heavy atom. The van der Waals surface area contributed by atoms with Crippen LogP contribution in [0.3, 0.4) is 0 Å². The van der Waals surface area contributed by atoms with Gasteiger partial charge in [0.15, 0.2) is 5.82 Å². The van der Waals surface area contributed by atoms with Gasteiger partial charge in [-0.15, -0.1) is 0 Å². The van der Waals surface area contributed by atoms with E-state index in [1.807, 2.05) is 24.9 Å². The largest absolute Gasteiger partial charge is 0.340 e. The molecular formula is C11H17N5O. The van der Waals surface area contributed by atoms with Crippen molar-refractivity contribution in [2.45, 2.75) is 33.4 Å². The molecule has 1 N–H and O–H groups in total. The number of aromatic nitrogens is 4. The highest BCUT2D eigenvalue weighted by molar-refractivity contribution is 5.19. The zero-order valence-electron chi connectivity index (χ0n) is 10.6. The van der Waals surface area contributed by atoms with Crippen LogP contribution in [-0.2, 0) is 13.6 Å². The van der Waals surface area contributed by atoms with Crippen LogP contribution in [0.25, 0.3) is 0 Å². The molecule has 0 saturated carbocycles. The molecule has 2 aromatic rings. The lowest BCUT2D eigenvalue weighted by molar-refractivity contribution is 0.384. The second kappa shape index (κ2) is 4.67. The van der Waals surface area contributed by atoms with Gasteiger partial charge in [0.25, 0.3) is 0 Å². The Labute approximate surface area is 100 Å². The molecule has 1 unspecified atom stereocenters. The van der Waals surface area contributed by atoms with Gasteiger partial charge in [0.1, 0.15) is 0 Å². The van der Waals surface area contributed by atoms with Crippen molar-refractivity contribution in [3.05, 3.63) is 29.2 Å². The maximum absolute atomic E-state index is 4.91. The average Bonchev–Trinajstić information content (AvgIpc) is 2.81. The van der Waals surface area contributed by atoms with Crippen LogP contribution in [0.15, 0.2) is 10.7 Å². The summed E-state index contributed by atoms with van der Waals surface area (Å²) < 4.78 is 6.73. The third-order valence-corrected chi connectivity index (χ3v) is 2.65. The summed E-state index contributed by atoms with van der Waals surface area (Å²) in [5.41, 5.74) is 2.23. The van der Waals surface area contributed by atoms with Crippen LogP contribution in [0.2, 0.25) is 0 Å². The molecule has 17 heavy (non-hydrogen) atoms. The Kier molecular flexibility index (Phi) is 3.23. The van der Waals surface area contributed by atoms with Gasteiger partial charge in [-0.25, -0.2) is 0 Å². The van der Waals surface area contributed by atoms with E-state index in [-0.39, 0.29) is 6.04 Å². The molecular weight excluding hydrogens is 218 g/mol. The maximum Gasteiger partial charge on any atom is 0.223 e. The Hall–Kier alpha value is -1.69. The minimum atomic E-state index is 0.211. The van der Waals surface area contributed by atoms with Crippen LogP contribution >= 0.6 is 0 Å². The first kappa shape index (κ1) is 11.8. The van der Waals surface area contributed by atoms with E-state index < -0.39 is 0 Å². The van der Waals surface area contributed by atoms with Crippen LogP contribution in [0, 0.1) is 13.8 Å². The first-order valence-electron chi connectivity index (χ1n) is 5.59. The van der Waals surface area contributed by atoms with Crippen molar-refractivity contribution in [1.29, 1.82) is 0 Å². The Morgan fingerprint density at radius 1 is 1.47 bits per heavy atom. The summed E-state index contributed by atoms with van der Waals surface area (Å²) in [6.07, 6.45) is 2.02. The second-order valence-corrected chi connectivity index (χ2v) is 4.18. The van der Waals surface area contributed by atoms with Crippen molar-refractivity contribution in [3.63, 3.8) is 0 Å². The van der Waals surface area contributed by atoms with Gasteiger partial charge in [-0.3, -0.25) is 4.68 Å². The fourth-order valence-electron chi connectivity index (χ4n) is 1.81. The topological polar surface area (TPSA) is 68.8 Å². The zero-order valence-corrected chi connectivity index (χ0v) is 10.6. The van der Waals surface area contributed by atoms with E-state index in [1.165, 1.54) is 5.56 Å². The second-order valence-electron chi connectivity index (χ2n) is 4.18. The molecule has 2 rings (SSSR count). The van der Waals surface area contributed by atoms with Crippen molar-refractivity contribution >= 4 is 0 Å². The SMILES string of the molecule is Cc1nc(CNC(C)c2cn(C)nc2C)no1. The standard InChI is InChI=1S/C11H17N5O/c1-7(10-6-16(4)14-8(10)2)12-5-11-13-9(3)17-15-11/h6-7,12H,5H2,1-4H3. The molecule has 0 amide bonds. The number of aryl methyl sites for hydroxylation is 3. The monoisotopic (exact) mass is 235 g/mol. The summed E-state index contributed by atoms with van der Waals surface area (Å²) >= 11 is 0. The van der Waals surface area contributed by atoms with Gasteiger partial charge in [0, 0.05) is 31.8 Å². The highest BCUT2D eigenvalue weighted by Crippen LogP contribution is 2.15. The van der Waals surface area contributed by atoms with E-state index in [9.17, 15) is 0 Å². The average molecular weight is 235 g/mol. The van der Waals surface area contributed by atoms with Crippen molar-refractivity contribution in [2.24, 2.45) is 7.05 Å². The number of rotatable bonds is 4. The minimum absolute atomic E-state index is 0.211. The molecule has 0 aliphatic carbocycles. The van der Waals surface area contributed by atoms with Crippen molar-refractivity contribution in [2.75, 3.05) is 0 Å². The summed E-state index contributed by atoms with van der Waals surface area (Å²) in [5, 5.41) is 11.5. The van der Waals surface area contributed by atoms with E-state index >= 15 is 0 Å². The first-order valence-corrected chi connectivity index (χ1v) is 5.59. The molecule has 0 saturated heterocycles. The maximum atomic E-state index is 4.91. The number of nitrogens with zero attached hydrogens (tertiary/aromatic N) is 4. The fourth-order valence-corrected chi connectivity index (χ4v) is 1.81. The smallest absolute Gasteiger partial charge is 0.223 e. The van der Waals surface area contributed by atoms with Gasteiger partial charge in [0.2, 0.25) is 5.89 Å². The van der Waals surface area contributed by atoms with E-state index in [0.717, 1.165) is 5.69 Å². The third kappa shape index (κ3) is 2.71. The van der Waals surface area contributed by atoms with E-state index in [2.05, 4.69) is 27.5 Å². The highest BCUT2D eigenvalue weighted by Gasteiger charge is 2.12. The molecule has 0 aromatic carbocycles. The lowest BCUT2D eigenvalue weighted by atomic mass is 10.1. The summed E-state index contributed by atoms with van der Waals surface area (Å²) in [6, 6.07) is 0.211. The lowest BCUT2D eigenvalue weighted by Crippen LogP contribution is -2.19. The quantitative estimate of drug-likeness (QED) is 0.864. The molecule has 2 heterocycles. The molecule has 6 heteroatoms. The summed E-state index contributed by atoms with van der Waals surface area (Å²) in [6.45, 7) is 6.47. The molecule has 92 valence electrons. The summed E-state index contributed by atoms with van der Waals surface area (Å²) in [4.78, 5) is 4.14. The predicted octanol–water partition coefficient (Wildman–Crippen LogP) is 1.27. The molecule has 1 atom stereocenters. The molecule has 0 aliphatic heterocycles. The van der Waals surface area contributed by atoms with E-state index in [1.54, 1.807) is 6.92 Å². The van der Waals surface area contributed by atoms with Crippen LogP contribution in [0.1, 0.15) is 35.9 Å². The molecule has 0 spiro atoms. The molecule has 0 radical (unpaired) electrons. The molecule has 0 aliphatic rings. The number of nitrogens with one attached hydrogen (secondary N) is 1. The van der Waals surface area contributed by atoms with E-state index in [4.69, 9.17) is 4.52 Å². The van der Waals surface area contributed by atoms with Gasteiger partial charge >= 0.3 is 0 Å². The molecule has 2 aromatic heterocycles. The third-order valence-electron chi connectivity index (χ3n) is 2.65. The number of hydrogen-bond donors (Lipinski definition) is 1. The lowest BCUT2D eigenvalue weighted by Gasteiger charge is -2.10. The molecule has 0 bridgehead atoms. The van der Waals surface area contributed by atoms with Gasteiger partial charge in [-0.2, -0.15) is 10.1 Å². The molecule has 0 fully saturated rings. The molecule has 6 nitrogen and oxygen atoms in total.